The molecule has 0 saturated carbocycles. The Balaban J connectivity index is 1.72. The number of benzene rings is 2. The third-order valence-corrected chi connectivity index (χ3v) is 6.82. The molecule has 0 radical (unpaired) electrons. The molecule has 0 spiro atoms. The quantitative estimate of drug-likeness (QED) is 0.299. The van der Waals surface area contributed by atoms with E-state index in [0.29, 0.717) is 21.9 Å². The lowest BCUT2D eigenvalue weighted by Crippen LogP contribution is -2.26. The largest absolute Gasteiger partial charge is 0.287 e. The third kappa shape index (κ3) is 4.95. The minimum absolute atomic E-state index is 0.0271. The molecule has 2 aromatic heterocycles. The van der Waals surface area contributed by atoms with E-state index in [1.807, 2.05) is 20.1 Å². The van der Waals surface area contributed by atoms with Crippen molar-refractivity contribution in [1.82, 2.24) is 19.5 Å². The average molecular weight is 500 g/mol. The molecule has 2 aromatic carbocycles. The van der Waals surface area contributed by atoms with Gasteiger partial charge in [-0.2, -0.15) is 0 Å². The molecule has 1 N–H and O–H groups in total. The number of hydrogen-bond acceptors (Lipinski definition) is 7. The predicted molar refractivity (Wildman–Crippen MR) is 132 cm³/mol. The Morgan fingerprint density at radius 3 is 2.50 bits per heavy atom. The molecule has 0 aliphatic carbocycles. The van der Waals surface area contributed by atoms with Crippen LogP contribution in [0.5, 0.6) is 0 Å². The Morgan fingerprint density at radius 1 is 1.12 bits per heavy atom. The van der Waals surface area contributed by atoms with Crippen LogP contribution in [0.1, 0.15) is 25.5 Å². The topological polar surface area (TPSA) is 107 Å². The Morgan fingerprint density at radius 2 is 1.85 bits per heavy atom. The molecule has 0 aliphatic rings. The van der Waals surface area contributed by atoms with Crippen molar-refractivity contribution >= 4 is 38.6 Å². The highest BCUT2D eigenvalue weighted by atomic mass is 32.2. The van der Waals surface area contributed by atoms with Crippen LogP contribution >= 0.6 is 11.8 Å². The summed E-state index contributed by atoms with van der Waals surface area (Å²) in [5, 5.41) is 0.508. The van der Waals surface area contributed by atoms with Crippen LogP contribution in [0.4, 0.5) is 10.1 Å². The van der Waals surface area contributed by atoms with E-state index in [0.717, 1.165) is 6.07 Å². The van der Waals surface area contributed by atoms with Gasteiger partial charge in [-0.05, 0) is 37.8 Å². The number of nitrogens with one attached hydrogen (secondary N) is 1. The molecule has 8 nitrogen and oxygen atoms in total. The van der Waals surface area contributed by atoms with E-state index >= 15 is 0 Å². The van der Waals surface area contributed by atoms with Crippen molar-refractivity contribution in [1.29, 1.82) is 0 Å². The number of aromatic nitrogens is 4. The first-order valence-electron chi connectivity index (χ1n) is 10.4. The lowest BCUT2D eigenvalue weighted by atomic mass is 10.1. The number of nitrogens with zero attached hydrogens (tertiary/aromatic N) is 4. The summed E-state index contributed by atoms with van der Waals surface area (Å²) in [6, 6.07) is 12.2. The number of anilines is 1. The first-order chi connectivity index (χ1) is 16.2. The normalized spacial score (nSPS) is 11.8. The van der Waals surface area contributed by atoms with E-state index in [2.05, 4.69) is 19.7 Å². The second kappa shape index (κ2) is 9.51. The van der Waals surface area contributed by atoms with Gasteiger partial charge < -0.3 is 0 Å². The van der Waals surface area contributed by atoms with Crippen molar-refractivity contribution < 1.29 is 12.8 Å². The molecule has 11 heteroatoms. The van der Waals surface area contributed by atoms with E-state index in [9.17, 15) is 17.6 Å². The molecule has 4 rings (SSSR count). The van der Waals surface area contributed by atoms with Crippen molar-refractivity contribution in [2.24, 2.45) is 0 Å². The van der Waals surface area contributed by atoms with Crippen LogP contribution in [0.15, 0.2) is 64.7 Å². The van der Waals surface area contributed by atoms with E-state index in [1.165, 1.54) is 34.7 Å². The van der Waals surface area contributed by atoms with Crippen molar-refractivity contribution in [3.63, 3.8) is 0 Å². The lowest BCUT2D eigenvalue weighted by Gasteiger charge is -2.15. The zero-order valence-electron chi connectivity index (χ0n) is 18.7. The Kier molecular flexibility index (Phi) is 6.67. The molecule has 176 valence electrons. The molecule has 34 heavy (non-hydrogen) atoms. The number of rotatable bonds is 7. The van der Waals surface area contributed by atoms with Gasteiger partial charge in [-0.25, -0.2) is 27.8 Å². The Hall–Kier alpha value is -3.31. The number of thioether (sulfide) groups is 1. The van der Waals surface area contributed by atoms with Crippen molar-refractivity contribution in [2.45, 2.75) is 30.8 Å². The summed E-state index contributed by atoms with van der Waals surface area (Å²) in [7, 11) is -3.84. The van der Waals surface area contributed by atoms with Crippen LogP contribution in [-0.4, -0.2) is 34.2 Å². The van der Waals surface area contributed by atoms with E-state index in [4.69, 9.17) is 0 Å². The van der Waals surface area contributed by atoms with Gasteiger partial charge >= 0.3 is 0 Å². The molecule has 0 amide bonds. The maximum absolute atomic E-state index is 14.9. The minimum Gasteiger partial charge on any atom is -0.287 e. The van der Waals surface area contributed by atoms with Crippen molar-refractivity contribution in [2.75, 3.05) is 11.0 Å². The van der Waals surface area contributed by atoms with Gasteiger partial charge in [0.1, 0.15) is 17.0 Å². The molecule has 2 heterocycles. The lowest BCUT2D eigenvalue weighted by molar-refractivity contribution is 0.590. The van der Waals surface area contributed by atoms with E-state index in [1.54, 1.807) is 30.3 Å². The van der Waals surface area contributed by atoms with Crippen LogP contribution < -0.4 is 10.3 Å². The number of halogens is 1. The monoisotopic (exact) mass is 499 g/mol. The summed E-state index contributed by atoms with van der Waals surface area (Å²) in [6.07, 6.45) is 3.36. The maximum Gasteiger partial charge on any atom is 0.278 e. The predicted octanol–water partition coefficient (Wildman–Crippen LogP) is 4.24. The third-order valence-electron chi connectivity index (χ3n) is 5.02. The van der Waals surface area contributed by atoms with Gasteiger partial charge in [0.2, 0.25) is 10.0 Å². The summed E-state index contributed by atoms with van der Waals surface area (Å²) < 4.78 is 43.7. The SMILES string of the molecule is CSc1ncc2nc(-c3ccc(NS(=O)(=O)Cc4ccccc4)c(F)c3)c(=O)n(C(C)C)c2n1. The first kappa shape index (κ1) is 23.8. The average Bonchev–Trinajstić information content (AvgIpc) is 2.79. The molecular formula is C23H22FN5O3S2. The standard InChI is InChI=1S/C23H22FN5O3S2/c1-14(2)29-21-19(12-25-23(27-21)33-3)26-20(22(29)30)16-9-10-18(17(24)11-16)28-34(31,32)13-15-7-5-4-6-8-15/h4-12,14,28H,13H2,1-3H3. The van der Waals surface area contributed by atoms with Crippen LogP contribution in [0.3, 0.4) is 0 Å². The van der Waals surface area contributed by atoms with Crippen LogP contribution in [0.25, 0.3) is 22.4 Å². The zero-order chi connectivity index (χ0) is 24.5. The second-order valence-electron chi connectivity index (χ2n) is 7.84. The maximum atomic E-state index is 14.9. The highest BCUT2D eigenvalue weighted by molar-refractivity contribution is 7.98. The van der Waals surface area contributed by atoms with Crippen molar-refractivity contribution in [3.8, 4) is 11.3 Å². The van der Waals surface area contributed by atoms with Gasteiger partial charge in [0.05, 0.1) is 17.6 Å². The molecule has 4 aromatic rings. The Labute approximate surface area is 200 Å². The molecule has 0 fully saturated rings. The molecule has 0 aliphatic heterocycles. The summed E-state index contributed by atoms with van der Waals surface area (Å²) in [5.74, 6) is -1.11. The van der Waals surface area contributed by atoms with Crippen LogP contribution in [0, 0.1) is 5.82 Å². The summed E-state index contributed by atoms with van der Waals surface area (Å²) >= 11 is 1.35. The van der Waals surface area contributed by atoms with Crippen LogP contribution in [-0.2, 0) is 15.8 Å². The van der Waals surface area contributed by atoms with Gasteiger partial charge in [-0.1, -0.05) is 48.2 Å². The number of fused-ring (bicyclic) bond motifs is 1. The highest BCUT2D eigenvalue weighted by Gasteiger charge is 2.19. The van der Waals surface area contributed by atoms with Gasteiger partial charge in [-0.3, -0.25) is 14.1 Å². The van der Waals surface area contributed by atoms with Gasteiger partial charge in [0.15, 0.2) is 10.8 Å². The fourth-order valence-corrected chi connectivity index (χ4v) is 5.03. The van der Waals surface area contributed by atoms with E-state index in [-0.39, 0.29) is 28.7 Å². The second-order valence-corrected chi connectivity index (χ2v) is 10.3. The molecule has 0 unspecified atom stereocenters. The number of hydrogen-bond donors (Lipinski definition) is 1. The fraction of sp³-hybridized carbons (Fsp3) is 0.217. The highest BCUT2D eigenvalue weighted by Crippen LogP contribution is 2.25. The smallest absolute Gasteiger partial charge is 0.278 e. The molecular weight excluding hydrogens is 477 g/mol. The van der Waals surface area contributed by atoms with Crippen LogP contribution in [0.2, 0.25) is 0 Å². The molecule has 0 saturated heterocycles. The summed E-state index contributed by atoms with van der Waals surface area (Å²) in [5.41, 5.74) is 0.984. The summed E-state index contributed by atoms with van der Waals surface area (Å²) in [4.78, 5) is 26.3. The van der Waals surface area contributed by atoms with Gasteiger partial charge in [0.25, 0.3) is 5.56 Å². The molecule has 0 bridgehead atoms. The zero-order valence-corrected chi connectivity index (χ0v) is 20.3. The van der Waals surface area contributed by atoms with E-state index < -0.39 is 21.4 Å². The fourth-order valence-electron chi connectivity index (χ4n) is 3.49. The first-order valence-corrected chi connectivity index (χ1v) is 13.2. The van der Waals surface area contributed by atoms with Gasteiger partial charge in [0, 0.05) is 11.6 Å². The van der Waals surface area contributed by atoms with Crippen molar-refractivity contribution in [3.05, 3.63) is 76.5 Å². The molecule has 0 atom stereocenters. The van der Waals surface area contributed by atoms with Gasteiger partial charge in [-0.15, -0.1) is 0 Å². The Bertz CT molecular complexity index is 1520. The number of sulfonamides is 1. The summed E-state index contributed by atoms with van der Waals surface area (Å²) in [6.45, 7) is 3.69. The minimum atomic E-state index is -3.84.